The second kappa shape index (κ2) is 6.64. The molecule has 128 valence electrons. The van der Waals surface area contributed by atoms with E-state index in [4.69, 9.17) is 0 Å². The molecule has 0 radical (unpaired) electrons. The van der Waals surface area contributed by atoms with Crippen LogP contribution in [0.2, 0.25) is 0 Å². The maximum absolute atomic E-state index is 12.2. The molecule has 7 heteroatoms. The van der Waals surface area contributed by atoms with Gasteiger partial charge in [-0.25, -0.2) is 4.98 Å². The quantitative estimate of drug-likeness (QED) is 0.495. The number of nitrogens with zero attached hydrogens (tertiary/aromatic N) is 2. The molecule has 0 aliphatic heterocycles. The summed E-state index contributed by atoms with van der Waals surface area (Å²) >= 11 is 0. The summed E-state index contributed by atoms with van der Waals surface area (Å²) in [6.45, 7) is 0. The Balaban J connectivity index is 1.41. The predicted octanol–water partition coefficient (Wildman–Crippen LogP) is 2.11. The van der Waals surface area contributed by atoms with Crippen molar-refractivity contribution in [2.24, 2.45) is 0 Å². The maximum atomic E-state index is 12.2. The fourth-order valence-electron chi connectivity index (χ4n) is 2.75. The highest BCUT2D eigenvalue weighted by Gasteiger charge is 2.12. The van der Waals surface area contributed by atoms with Crippen LogP contribution in [-0.2, 0) is 11.2 Å². The van der Waals surface area contributed by atoms with Gasteiger partial charge in [-0.05, 0) is 23.8 Å². The van der Waals surface area contributed by atoms with Crippen LogP contribution in [0.15, 0.2) is 60.9 Å². The van der Waals surface area contributed by atoms with Gasteiger partial charge in [0.2, 0.25) is 5.91 Å². The highest BCUT2D eigenvalue weighted by molar-refractivity contribution is 5.95. The van der Waals surface area contributed by atoms with Crippen molar-refractivity contribution >= 4 is 33.8 Å². The third-order valence-corrected chi connectivity index (χ3v) is 4.02. The number of carbonyl (C=O) groups is 2. The number of aromatic nitrogens is 3. The SMILES string of the molecule is O=C(Cc1c[nH]c2ccccc12)NNC(=O)c1cnc2ccccc2n1. The van der Waals surface area contributed by atoms with Gasteiger partial charge in [0.15, 0.2) is 0 Å². The fraction of sp³-hybridized carbons (Fsp3) is 0.0526. The van der Waals surface area contributed by atoms with E-state index in [1.165, 1.54) is 6.20 Å². The van der Waals surface area contributed by atoms with Gasteiger partial charge in [0.25, 0.3) is 5.91 Å². The summed E-state index contributed by atoms with van der Waals surface area (Å²) in [6.07, 6.45) is 3.32. The fourth-order valence-corrected chi connectivity index (χ4v) is 2.75. The zero-order chi connectivity index (χ0) is 17.9. The molecule has 0 unspecified atom stereocenters. The molecular formula is C19H15N5O2. The smallest absolute Gasteiger partial charge is 0.289 e. The van der Waals surface area contributed by atoms with E-state index in [1.54, 1.807) is 12.3 Å². The minimum absolute atomic E-state index is 0.135. The number of amides is 2. The van der Waals surface area contributed by atoms with Gasteiger partial charge in [0.1, 0.15) is 5.69 Å². The van der Waals surface area contributed by atoms with Gasteiger partial charge in [-0.3, -0.25) is 25.4 Å². The molecule has 0 fully saturated rings. The molecule has 0 saturated heterocycles. The van der Waals surface area contributed by atoms with Gasteiger partial charge in [-0.15, -0.1) is 0 Å². The van der Waals surface area contributed by atoms with Crippen LogP contribution in [0.1, 0.15) is 16.1 Å². The second-order valence-electron chi connectivity index (χ2n) is 5.78. The monoisotopic (exact) mass is 345 g/mol. The number of H-pyrrole nitrogens is 1. The Labute approximate surface area is 148 Å². The van der Waals surface area contributed by atoms with Crippen LogP contribution in [0.4, 0.5) is 0 Å². The Morgan fingerprint density at radius 1 is 0.962 bits per heavy atom. The van der Waals surface area contributed by atoms with Crippen LogP contribution in [0, 0.1) is 0 Å². The number of aromatic amines is 1. The Morgan fingerprint density at radius 2 is 1.73 bits per heavy atom. The molecule has 3 N–H and O–H groups in total. The Morgan fingerprint density at radius 3 is 2.62 bits per heavy atom. The Hall–Kier alpha value is -3.74. The van der Waals surface area contributed by atoms with Gasteiger partial charge in [0, 0.05) is 17.1 Å². The summed E-state index contributed by atoms with van der Waals surface area (Å²) in [5.74, 6) is -0.840. The molecule has 2 aromatic heterocycles. The molecule has 4 aromatic rings. The molecule has 26 heavy (non-hydrogen) atoms. The van der Waals surface area contributed by atoms with Crippen molar-refractivity contribution in [2.45, 2.75) is 6.42 Å². The summed E-state index contributed by atoms with van der Waals surface area (Å²) < 4.78 is 0. The molecule has 7 nitrogen and oxygen atoms in total. The summed E-state index contributed by atoms with van der Waals surface area (Å²) in [5, 5.41) is 0.981. The first-order valence-corrected chi connectivity index (χ1v) is 8.07. The molecule has 0 atom stereocenters. The molecule has 0 spiro atoms. The number of benzene rings is 2. The number of carbonyl (C=O) groups excluding carboxylic acids is 2. The van der Waals surface area contributed by atoms with Crippen molar-refractivity contribution in [3.8, 4) is 0 Å². The summed E-state index contributed by atoms with van der Waals surface area (Å²) in [6, 6.07) is 15.0. The topological polar surface area (TPSA) is 99.8 Å². The zero-order valence-corrected chi connectivity index (χ0v) is 13.7. The molecule has 2 heterocycles. The number of hydrogen-bond donors (Lipinski definition) is 3. The van der Waals surface area contributed by atoms with Crippen LogP contribution in [-0.4, -0.2) is 26.8 Å². The van der Waals surface area contributed by atoms with E-state index in [1.807, 2.05) is 42.5 Å². The Kier molecular flexibility index (Phi) is 4.03. The summed E-state index contributed by atoms with van der Waals surface area (Å²) in [5.41, 5.74) is 8.06. The van der Waals surface area contributed by atoms with E-state index in [-0.39, 0.29) is 18.0 Å². The number of rotatable bonds is 3. The molecule has 2 aromatic carbocycles. The highest BCUT2D eigenvalue weighted by Crippen LogP contribution is 2.17. The lowest BCUT2D eigenvalue weighted by molar-refractivity contribution is -0.121. The summed E-state index contributed by atoms with van der Waals surface area (Å²) in [4.78, 5) is 35.8. The first-order chi connectivity index (χ1) is 12.7. The first-order valence-electron chi connectivity index (χ1n) is 8.07. The average Bonchev–Trinajstić information content (AvgIpc) is 3.08. The Bertz CT molecular complexity index is 1120. The number of nitrogens with one attached hydrogen (secondary N) is 3. The van der Waals surface area contributed by atoms with Gasteiger partial charge in [-0.1, -0.05) is 30.3 Å². The predicted molar refractivity (Wildman–Crippen MR) is 97.1 cm³/mol. The molecule has 0 bridgehead atoms. The van der Waals surface area contributed by atoms with Crippen LogP contribution in [0.25, 0.3) is 21.9 Å². The summed E-state index contributed by atoms with van der Waals surface area (Å²) in [7, 11) is 0. The van der Waals surface area contributed by atoms with Crippen LogP contribution in [0.5, 0.6) is 0 Å². The molecule has 2 amide bonds. The van der Waals surface area contributed by atoms with Crippen molar-refractivity contribution in [1.82, 2.24) is 25.8 Å². The van der Waals surface area contributed by atoms with E-state index in [0.29, 0.717) is 11.0 Å². The third-order valence-electron chi connectivity index (χ3n) is 4.02. The second-order valence-corrected chi connectivity index (χ2v) is 5.78. The van der Waals surface area contributed by atoms with Gasteiger partial charge in [-0.2, -0.15) is 0 Å². The molecule has 0 aliphatic carbocycles. The van der Waals surface area contributed by atoms with Crippen molar-refractivity contribution < 1.29 is 9.59 Å². The normalized spacial score (nSPS) is 10.8. The molecular weight excluding hydrogens is 330 g/mol. The average molecular weight is 345 g/mol. The number of para-hydroxylation sites is 3. The minimum atomic E-state index is -0.518. The van der Waals surface area contributed by atoms with Crippen molar-refractivity contribution in [3.63, 3.8) is 0 Å². The number of hydrazine groups is 1. The number of hydrogen-bond acceptors (Lipinski definition) is 4. The lowest BCUT2D eigenvalue weighted by Gasteiger charge is -2.07. The van der Waals surface area contributed by atoms with E-state index in [2.05, 4.69) is 25.8 Å². The van der Waals surface area contributed by atoms with Crippen molar-refractivity contribution in [3.05, 3.63) is 72.2 Å². The first kappa shape index (κ1) is 15.8. The highest BCUT2D eigenvalue weighted by atomic mass is 16.2. The molecule has 0 aliphatic rings. The van der Waals surface area contributed by atoms with E-state index in [0.717, 1.165) is 16.5 Å². The maximum Gasteiger partial charge on any atom is 0.289 e. The molecule has 0 saturated carbocycles. The van der Waals surface area contributed by atoms with Gasteiger partial charge in [0.05, 0.1) is 23.7 Å². The zero-order valence-electron chi connectivity index (χ0n) is 13.7. The van der Waals surface area contributed by atoms with Gasteiger partial charge < -0.3 is 4.98 Å². The van der Waals surface area contributed by atoms with Gasteiger partial charge >= 0.3 is 0 Å². The standard InChI is InChI=1S/C19H15N5O2/c25-18(9-12-10-20-14-6-2-1-5-13(12)14)23-24-19(26)17-11-21-15-7-3-4-8-16(15)22-17/h1-8,10-11,20H,9H2,(H,23,25)(H,24,26). The van der Waals surface area contributed by atoms with Crippen LogP contribution >= 0.6 is 0 Å². The minimum Gasteiger partial charge on any atom is -0.361 e. The van der Waals surface area contributed by atoms with Crippen LogP contribution in [0.3, 0.4) is 0 Å². The third kappa shape index (κ3) is 3.10. The van der Waals surface area contributed by atoms with Crippen molar-refractivity contribution in [2.75, 3.05) is 0 Å². The lowest BCUT2D eigenvalue weighted by Crippen LogP contribution is -2.42. The molecule has 4 rings (SSSR count). The largest absolute Gasteiger partial charge is 0.361 e. The van der Waals surface area contributed by atoms with Crippen molar-refractivity contribution in [1.29, 1.82) is 0 Å². The van der Waals surface area contributed by atoms with E-state index < -0.39 is 5.91 Å². The van der Waals surface area contributed by atoms with Crippen LogP contribution < -0.4 is 10.9 Å². The number of fused-ring (bicyclic) bond motifs is 2. The lowest BCUT2D eigenvalue weighted by atomic mass is 10.1. The van der Waals surface area contributed by atoms with E-state index >= 15 is 0 Å². The van der Waals surface area contributed by atoms with E-state index in [9.17, 15) is 9.59 Å².